The van der Waals surface area contributed by atoms with Gasteiger partial charge in [-0.1, -0.05) is 218 Å². The van der Waals surface area contributed by atoms with Crippen molar-refractivity contribution in [1.29, 1.82) is 0 Å². The molecule has 0 heterocycles. The minimum atomic E-state index is 1.20. The van der Waals surface area contributed by atoms with Crippen molar-refractivity contribution in [3.63, 3.8) is 0 Å². The fraction of sp³-hybridized carbons (Fsp3) is 0. The van der Waals surface area contributed by atoms with Crippen molar-refractivity contribution in [2.24, 2.45) is 0 Å². The Balaban J connectivity index is 1.18. The molecule has 0 N–H and O–H groups in total. The van der Waals surface area contributed by atoms with E-state index in [2.05, 4.69) is 218 Å². The first kappa shape index (κ1) is 31.7. The molecule has 0 aromatic heterocycles. The van der Waals surface area contributed by atoms with Crippen LogP contribution in [-0.2, 0) is 0 Å². The summed E-state index contributed by atoms with van der Waals surface area (Å²) in [6, 6.07) is 79.8. The molecule has 0 heteroatoms. The normalized spacial score (nSPS) is 11.3. The van der Waals surface area contributed by atoms with Crippen molar-refractivity contribution in [2.45, 2.75) is 0 Å². The lowest BCUT2D eigenvalue weighted by molar-refractivity contribution is 1.58. The zero-order chi connectivity index (χ0) is 35.8. The molecular weight excluding hydrogens is 649 g/mol. The fourth-order valence-electron chi connectivity index (χ4n) is 8.33. The van der Waals surface area contributed by atoms with E-state index in [4.69, 9.17) is 0 Å². The fourth-order valence-corrected chi connectivity index (χ4v) is 8.33. The highest BCUT2D eigenvalue weighted by Gasteiger charge is 2.19. The monoisotopic (exact) mass is 684 g/mol. The highest BCUT2D eigenvalue weighted by molar-refractivity contribution is 6.13. The minimum absolute atomic E-state index is 1.20. The highest BCUT2D eigenvalue weighted by atomic mass is 14.2. The average molecular weight is 685 g/mol. The van der Waals surface area contributed by atoms with Gasteiger partial charge in [-0.15, -0.1) is 0 Å². The van der Waals surface area contributed by atoms with Crippen LogP contribution in [0.3, 0.4) is 0 Å². The standard InChI is InChI=1S/C54H36/c1-3-13-39(14-4-1)49-33-35-52-51(53(49)43-29-25-41(26-30-43)47-23-11-19-37-17-7-9-21-45(37)47)36-34-50(40-15-5-2-6-16-40)54(52)44-31-27-42(28-32-44)48-24-12-20-38-18-8-10-22-46(38)48/h1-36H. The van der Waals surface area contributed by atoms with E-state index in [0.717, 1.165) is 0 Å². The SMILES string of the molecule is c1ccc(-c2ccc3c(-c4ccc(-c5cccc6ccccc56)cc4)c(-c4ccccc4)ccc3c2-c2ccc(-c3cccc4ccccc34)cc2)cc1. The van der Waals surface area contributed by atoms with Crippen LogP contribution in [0.5, 0.6) is 0 Å². The number of benzene rings is 10. The van der Waals surface area contributed by atoms with E-state index in [1.807, 2.05) is 0 Å². The van der Waals surface area contributed by atoms with Crippen LogP contribution in [0.4, 0.5) is 0 Å². The molecule has 0 amide bonds. The van der Waals surface area contributed by atoms with Gasteiger partial charge in [0.05, 0.1) is 0 Å². The smallest absolute Gasteiger partial charge is 0.00266 e. The number of hydrogen-bond donors (Lipinski definition) is 0. The molecule has 0 spiro atoms. The molecule has 0 nitrogen and oxygen atoms in total. The Morgan fingerprint density at radius 3 is 0.926 bits per heavy atom. The van der Waals surface area contributed by atoms with Crippen molar-refractivity contribution < 1.29 is 0 Å². The molecule has 0 aliphatic carbocycles. The lowest BCUT2D eigenvalue weighted by Gasteiger charge is -2.20. The van der Waals surface area contributed by atoms with Gasteiger partial charge in [0.15, 0.2) is 0 Å². The molecule has 0 aliphatic heterocycles. The summed E-state index contributed by atoms with van der Waals surface area (Å²) < 4.78 is 0. The molecule has 0 radical (unpaired) electrons. The van der Waals surface area contributed by atoms with E-state index < -0.39 is 0 Å². The molecule has 0 unspecified atom stereocenters. The molecule has 0 atom stereocenters. The summed E-state index contributed by atoms with van der Waals surface area (Å²) in [5.74, 6) is 0. The van der Waals surface area contributed by atoms with Crippen LogP contribution in [0.25, 0.3) is 99.1 Å². The lowest BCUT2D eigenvalue weighted by Crippen LogP contribution is -1.93. The molecule has 54 heavy (non-hydrogen) atoms. The van der Waals surface area contributed by atoms with Crippen molar-refractivity contribution >= 4 is 32.3 Å². The maximum absolute atomic E-state index is 2.34. The zero-order valence-corrected chi connectivity index (χ0v) is 29.8. The van der Waals surface area contributed by atoms with Gasteiger partial charge in [0.1, 0.15) is 0 Å². The zero-order valence-electron chi connectivity index (χ0n) is 29.8. The van der Waals surface area contributed by atoms with Gasteiger partial charge in [-0.3, -0.25) is 0 Å². The summed E-state index contributed by atoms with van der Waals surface area (Å²) in [5.41, 5.74) is 14.7. The third-order valence-corrected chi connectivity index (χ3v) is 10.9. The first-order valence-electron chi connectivity index (χ1n) is 18.7. The van der Waals surface area contributed by atoms with Crippen LogP contribution in [-0.4, -0.2) is 0 Å². The third-order valence-electron chi connectivity index (χ3n) is 10.9. The van der Waals surface area contributed by atoms with E-state index >= 15 is 0 Å². The molecule has 0 bridgehead atoms. The Morgan fingerprint density at radius 2 is 0.500 bits per heavy atom. The Hall–Kier alpha value is -7.02. The molecule has 10 aromatic carbocycles. The van der Waals surface area contributed by atoms with E-state index in [0.29, 0.717) is 0 Å². The second-order valence-electron chi connectivity index (χ2n) is 14.0. The van der Waals surface area contributed by atoms with Crippen molar-refractivity contribution in [3.8, 4) is 66.8 Å². The van der Waals surface area contributed by atoms with E-state index in [9.17, 15) is 0 Å². The summed E-state index contributed by atoms with van der Waals surface area (Å²) in [4.78, 5) is 0. The second kappa shape index (κ2) is 13.5. The van der Waals surface area contributed by atoms with Gasteiger partial charge in [0.25, 0.3) is 0 Å². The minimum Gasteiger partial charge on any atom is -0.0622 e. The predicted molar refractivity (Wildman–Crippen MR) is 232 cm³/mol. The predicted octanol–water partition coefficient (Wildman–Crippen LogP) is 15.1. The van der Waals surface area contributed by atoms with E-state index in [-0.39, 0.29) is 0 Å². The Kier molecular flexibility index (Phi) is 7.93. The molecule has 0 saturated carbocycles. The third kappa shape index (κ3) is 5.57. The number of rotatable bonds is 6. The van der Waals surface area contributed by atoms with Crippen LogP contribution in [0.1, 0.15) is 0 Å². The first-order chi connectivity index (χ1) is 26.8. The highest BCUT2D eigenvalue weighted by Crippen LogP contribution is 2.45. The van der Waals surface area contributed by atoms with Crippen LogP contribution < -0.4 is 0 Å². The topological polar surface area (TPSA) is 0 Å². The van der Waals surface area contributed by atoms with Gasteiger partial charge in [-0.05, 0) is 99.1 Å². The maximum Gasteiger partial charge on any atom is -0.00266 e. The van der Waals surface area contributed by atoms with E-state index in [1.165, 1.54) is 99.1 Å². The van der Waals surface area contributed by atoms with Gasteiger partial charge in [-0.2, -0.15) is 0 Å². The summed E-state index contributed by atoms with van der Waals surface area (Å²) in [6.07, 6.45) is 0. The van der Waals surface area contributed by atoms with Gasteiger partial charge in [0, 0.05) is 0 Å². The van der Waals surface area contributed by atoms with Crippen LogP contribution in [0.15, 0.2) is 218 Å². The van der Waals surface area contributed by atoms with Gasteiger partial charge < -0.3 is 0 Å². The van der Waals surface area contributed by atoms with Crippen LogP contribution in [0, 0.1) is 0 Å². The Labute approximate surface area is 316 Å². The molecule has 0 saturated heterocycles. The van der Waals surface area contributed by atoms with Crippen LogP contribution >= 0.6 is 0 Å². The van der Waals surface area contributed by atoms with Gasteiger partial charge in [0.2, 0.25) is 0 Å². The maximum atomic E-state index is 2.34. The van der Waals surface area contributed by atoms with Crippen molar-refractivity contribution in [3.05, 3.63) is 218 Å². The summed E-state index contributed by atoms with van der Waals surface area (Å²) in [6.45, 7) is 0. The molecule has 10 aromatic rings. The van der Waals surface area contributed by atoms with E-state index in [1.54, 1.807) is 0 Å². The van der Waals surface area contributed by atoms with Gasteiger partial charge in [-0.25, -0.2) is 0 Å². The Bertz CT molecular complexity index is 2720. The summed E-state index contributed by atoms with van der Waals surface area (Å²) >= 11 is 0. The number of hydrogen-bond acceptors (Lipinski definition) is 0. The second-order valence-corrected chi connectivity index (χ2v) is 14.0. The van der Waals surface area contributed by atoms with Crippen LogP contribution in [0.2, 0.25) is 0 Å². The van der Waals surface area contributed by atoms with Gasteiger partial charge >= 0.3 is 0 Å². The van der Waals surface area contributed by atoms with Crippen molar-refractivity contribution in [2.75, 3.05) is 0 Å². The quantitative estimate of drug-likeness (QED) is 0.164. The summed E-state index contributed by atoms with van der Waals surface area (Å²) in [5, 5.41) is 7.53. The van der Waals surface area contributed by atoms with Crippen molar-refractivity contribution in [1.82, 2.24) is 0 Å². The lowest BCUT2D eigenvalue weighted by atomic mass is 9.83. The molecular formula is C54H36. The average Bonchev–Trinajstić information content (AvgIpc) is 3.26. The molecule has 10 rings (SSSR count). The number of fused-ring (bicyclic) bond motifs is 3. The summed E-state index contributed by atoms with van der Waals surface area (Å²) in [7, 11) is 0. The molecule has 0 aliphatic rings. The first-order valence-corrected chi connectivity index (χ1v) is 18.7. The largest absolute Gasteiger partial charge is 0.0622 e. The Morgan fingerprint density at radius 1 is 0.167 bits per heavy atom. The molecule has 0 fully saturated rings. The molecule has 252 valence electrons.